The first kappa shape index (κ1) is 24.7. The number of benzene rings is 1. The van der Waals surface area contributed by atoms with Crippen molar-refractivity contribution in [1.29, 1.82) is 0 Å². The van der Waals surface area contributed by atoms with Crippen LogP contribution in [0, 0.1) is 13.8 Å². The molecule has 1 aliphatic heterocycles. The molecule has 4 rings (SSSR count). The van der Waals surface area contributed by atoms with Gasteiger partial charge >= 0.3 is 5.97 Å². The largest absolute Gasteiger partial charge is 0.492 e. The van der Waals surface area contributed by atoms with Gasteiger partial charge in [-0.25, -0.2) is 4.98 Å². The maximum atomic E-state index is 10.7. The minimum Gasteiger partial charge on any atom is -0.492 e. The van der Waals surface area contributed by atoms with Crippen LogP contribution < -0.4 is 9.47 Å². The van der Waals surface area contributed by atoms with Gasteiger partial charge in [0.1, 0.15) is 12.4 Å². The number of aliphatic carboxylic acids is 1. The van der Waals surface area contributed by atoms with Crippen molar-refractivity contribution in [1.82, 2.24) is 9.88 Å². The molecule has 1 saturated heterocycles. The van der Waals surface area contributed by atoms with Gasteiger partial charge in [0.2, 0.25) is 5.88 Å². The van der Waals surface area contributed by atoms with Gasteiger partial charge in [-0.2, -0.15) is 0 Å². The van der Waals surface area contributed by atoms with Gasteiger partial charge < -0.3 is 14.6 Å². The number of likely N-dealkylation sites (tertiary alicyclic amines) is 1. The minimum absolute atomic E-state index is 0.146. The number of nitrogens with zero attached hydrogens (tertiary/aromatic N) is 2. The molecule has 35 heavy (non-hydrogen) atoms. The number of carboxylic acids is 1. The van der Waals surface area contributed by atoms with Crippen LogP contribution in [0.3, 0.4) is 0 Å². The Morgan fingerprint density at radius 3 is 2.60 bits per heavy atom. The summed E-state index contributed by atoms with van der Waals surface area (Å²) in [5, 5.41) is 8.83. The van der Waals surface area contributed by atoms with Crippen molar-refractivity contribution in [2.45, 2.75) is 46.0 Å². The first-order valence-corrected chi connectivity index (χ1v) is 12.4. The van der Waals surface area contributed by atoms with Crippen LogP contribution in [0.25, 0.3) is 11.3 Å². The molecule has 2 heterocycles. The second-order valence-corrected chi connectivity index (χ2v) is 9.21. The van der Waals surface area contributed by atoms with E-state index in [1.54, 1.807) is 6.26 Å². The molecule has 1 fully saturated rings. The summed E-state index contributed by atoms with van der Waals surface area (Å²) >= 11 is 0. The van der Waals surface area contributed by atoms with E-state index in [0.29, 0.717) is 25.3 Å². The highest BCUT2D eigenvalue weighted by Gasteiger charge is 2.13. The van der Waals surface area contributed by atoms with Crippen LogP contribution in [0.2, 0.25) is 0 Å². The standard InChI is InChI=1S/C29H34N2O4/c1-21-18-25(34-17-16-31-14-3-4-15-31)19-22(2)29(21)26-6-5-7-27(30-26)35-20-24-10-8-23(9-11-24)12-13-28(32)33/h5-10,18-20H,3-4,11-17H2,1-2H3,(H,32,33). The van der Waals surface area contributed by atoms with Crippen LogP contribution in [-0.2, 0) is 4.79 Å². The number of hydrogen-bond acceptors (Lipinski definition) is 5. The van der Waals surface area contributed by atoms with Crippen molar-refractivity contribution >= 4 is 5.97 Å². The summed E-state index contributed by atoms with van der Waals surface area (Å²) in [5.74, 6) is 0.661. The van der Waals surface area contributed by atoms with Crippen LogP contribution in [0.15, 0.2) is 66.0 Å². The molecule has 2 aromatic rings. The van der Waals surface area contributed by atoms with Gasteiger partial charge in [-0.1, -0.05) is 29.9 Å². The average Bonchev–Trinajstić information content (AvgIpc) is 3.35. The Kier molecular flexibility index (Phi) is 8.37. The highest BCUT2D eigenvalue weighted by Crippen LogP contribution is 2.31. The molecular formula is C29H34N2O4. The molecule has 0 atom stereocenters. The third kappa shape index (κ3) is 7.06. The molecule has 1 N–H and O–H groups in total. The van der Waals surface area contributed by atoms with Crippen molar-refractivity contribution in [2.75, 3.05) is 26.2 Å². The normalized spacial score (nSPS) is 17.0. The minimum atomic E-state index is -0.778. The average molecular weight is 475 g/mol. The fourth-order valence-corrected chi connectivity index (χ4v) is 4.59. The lowest BCUT2D eigenvalue weighted by Gasteiger charge is -2.17. The zero-order valence-electron chi connectivity index (χ0n) is 20.6. The number of pyridine rings is 1. The molecule has 6 nitrogen and oxygen atoms in total. The molecule has 2 aliphatic rings. The third-order valence-electron chi connectivity index (χ3n) is 6.43. The van der Waals surface area contributed by atoms with Crippen molar-refractivity contribution in [3.05, 3.63) is 77.1 Å². The zero-order chi connectivity index (χ0) is 24.6. The lowest BCUT2D eigenvalue weighted by molar-refractivity contribution is -0.136. The molecule has 1 aromatic heterocycles. The number of carbonyl (C=O) groups is 1. The summed E-state index contributed by atoms with van der Waals surface area (Å²) in [6, 6.07) is 9.98. The van der Waals surface area contributed by atoms with Gasteiger partial charge in [0.15, 0.2) is 0 Å². The summed E-state index contributed by atoms with van der Waals surface area (Å²) in [5.41, 5.74) is 6.27. The predicted molar refractivity (Wildman–Crippen MR) is 138 cm³/mol. The van der Waals surface area contributed by atoms with Gasteiger partial charge in [0, 0.05) is 24.6 Å². The molecule has 6 heteroatoms. The molecular weight excluding hydrogens is 440 g/mol. The summed E-state index contributed by atoms with van der Waals surface area (Å²) < 4.78 is 11.9. The second-order valence-electron chi connectivity index (χ2n) is 9.21. The van der Waals surface area contributed by atoms with E-state index in [-0.39, 0.29) is 6.42 Å². The lowest BCUT2D eigenvalue weighted by atomic mass is 9.99. The van der Waals surface area contributed by atoms with Crippen molar-refractivity contribution in [3.8, 4) is 22.9 Å². The summed E-state index contributed by atoms with van der Waals surface area (Å²) in [6.45, 7) is 8.23. The maximum absolute atomic E-state index is 10.7. The number of carboxylic acid groups (broad SMARTS) is 1. The van der Waals surface area contributed by atoms with E-state index >= 15 is 0 Å². The fourth-order valence-electron chi connectivity index (χ4n) is 4.59. The molecule has 0 unspecified atom stereocenters. The Balaban J connectivity index is 1.38. The summed E-state index contributed by atoms with van der Waals surface area (Å²) in [4.78, 5) is 17.9. The van der Waals surface area contributed by atoms with Crippen LogP contribution in [0.1, 0.15) is 43.2 Å². The van der Waals surface area contributed by atoms with E-state index in [1.807, 2.05) is 36.4 Å². The summed E-state index contributed by atoms with van der Waals surface area (Å²) in [7, 11) is 0. The topological polar surface area (TPSA) is 71.9 Å². The van der Waals surface area contributed by atoms with E-state index in [9.17, 15) is 4.79 Å². The Morgan fingerprint density at radius 1 is 1.14 bits per heavy atom. The molecule has 0 saturated carbocycles. The zero-order valence-corrected chi connectivity index (χ0v) is 20.6. The van der Waals surface area contributed by atoms with Gasteiger partial charge in [0.25, 0.3) is 0 Å². The highest BCUT2D eigenvalue weighted by atomic mass is 16.5. The predicted octanol–water partition coefficient (Wildman–Crippen LogP) is 5.85. The van der Waals surface area contributed by atoms with E-state index in [1.165, 1.54) is 25.9 Å². The third-order valence-corrected chi connectivity index (χ3v) is 6.43. The van der Waals surface area contributed by atoms with Crippen LogP contribution in [-0.4, -0.2) is 47.2 Å². The van der Waals surface area contributed by atoms with E-state index in [4.69, 9.17) is 19.6 Å². The van der Waals surface area contributed by atoms with Crippen molar-refractivity contribution in [2.24, 2.45) is 0 Å². The first-order chi connectivity index (χ1) is 17.0. The Bertz CT molecular complexity index is 1120. The molecule has 1 aromatic carbocycles. The Hall–Kier alpha value is -3.38. The number of hydrogen-bond donors (Lipinski definition) is 1. The van der Waals surface area contributed by atoms with Gasteiger partial charge in [0.05, 0.1) is 12.0 Å². The monoisotopic (exact) mass is 474 g/mol. The van der Waals surface area contributed by atoms with Crippen LogP contribution >= 0.6 is 0 Å². The SMILES string of the molecule is Cc1cc(OCCN2CCCC2)cc(C)c1-c1cccc(OC=C2C=CC(CCC(=O)O)=CC2)n1. The highest BCUT2D eigenvalue weighted by molar-refractivity contribution is 5.69. The van der Waals surface area contributed by atoms with Gasteiger partial charge in [-0.15, -0.1) is 0 Å². The first-order valence-electron chi connectivity index (χ1n) is 12.4. The van der Waals surface area contributed by atoms with Gasteiger partial charge in [-0.05, 0) is 87.5 Å². The van der Waals surface area contributed by atoms with Crippen LogP contribution in [0.5, 0.6) is 11.6 Å². The number of allylic oxidation sites excluding steroid dienone is 5. The molecule has 0 spiro atoms. The maximum Gasteiger partial charge on any atom is 0.303 e. The Morgan fingerprint density at radius 2 is 1.91 bits per heavy atom. The van der Waals surface area contributed by atoms with Crippen LogP contribution in [0.4, 0.5) is 0 Å². The number of rotatable bonds is 10. The molecule has 0 amide bonds. The smallest absolute Gasteiger partial charge is 0.303 e. The van der Waals surface area contributed by atoms with E-state index < -0.39 is 5.97 Å². The number of ether oxygens (including phenoxy) is 2. The number of aryl methyl sites for hydroxylation is 2. The Labute approximate surface area is 207 Å². The van der Waals surface area contributed by atoms with Gasteiger partial charge in [-0.3, -0.25) is 9.69 Å². The number of aromatic nitrogens is 1. The molecule has 0 bridgehead atoms. The van der Waals surface area contributed by atoms with E-state index in [2.05, 4.69) is 30.9 Å². The van der Waals surface area contributed by atoms with Crippen molar-refractivity contribution < 1.29 is 19.4 Å². The molecule has 184 valence electrons. The van der Waals surface area contributed by atoms with E-state index in [0.717, 1.165) is 45.8 Å². The fraction of sp³-hybridized carbons (Fsp3) is 0.379. The lowest BCUT2D eigenvalue weighted by Crippen LogP contribution is -2.25. The molecule has 1 aliphatic carbocycles. The quantitative estimate of drug-likeness (QED) is 0.435. The van der Waals surface area contributed by atoms with Crippen molar-refractivity contribution in [3.63, 3.8) is 0 Å². The summed E-state index contributed by atoms with van der Waals surface area (Å²) in [6.07, 6.45) is 11.7. The second kappa shape index (κ2) is 11.8. The molecule has 0 radical (unpaired) electrons.